The van der Waals surface area contributed by atoms with Crippen LogP contribution in [0, 0.1) is 0 Å². The number of nitrogens with one attached hydrogen (secondary N) is 1. The molecule has 0 aliphatic heterocycles. The first kappa shape index (κ1) is 16.0. The van der Waals surface area contributed by atoms with E-state index in [-0.39, 0.29) is 11.7 Å². The molecule has 1 aliphatic rings. The topological polar surface area (TPSA) is 73.0 Å². The predicted octanol–water partition coefficient (Wildman–Crippen LogP) is 3.53. The quantitative estimate of drug-likeness (QED) is 0.657. The summed E-state index contributed by atoms with van der Waals surface area (Å²) in [6, 6.07) is 13.3. The number of benzene rings is 1. The molecule has 0 spiro atoms. The minimum Gasteiger partial charge on any atom is -0.467 e. The first-order valence-corrected chi connectivity index (χ1v) is 9.21. The fourth-order valence-corrected chi connectivity index (χ4v) is 3.35. The van der Waals surface area contributed by atoms with Crippen molar-refractivity contribution < 1.29 is 9.21 Å². The maximum Gasteiger partial charge on any atom is 0.234 e. The summed E-state index contributed by atoms with van der Waals surface area (Å²) in [6.45, 7) is 0.592. The highest BCUT2D eigenvalue weighted by molar-refractivity contribution is 7.99. The molecule has 1 saturated carbocycles. The Morgan fingerprint density at radius 1 is 1.20 bits per heavy atom. The number of furan rings is 1. The van der Waals surface area contributed by atoms with E-state index >= 15 is 0 Å². The largest absolute Gasteiger partial charge is 0.467 e. The highest BCUT2D eigenvalue weighted by atomic mass is 32.2. The molecule has 6 nitrogen and oxygen atoms in total. The highest BCUT2D eigenvalue weighted by Gasteiger charge is 2.30. The molecule has 1 amide bonds. The van der Waals surface area contributed by atoms with Crippen molar-refractivity contribution in [3.63, 3.8) is 0 Å². The summed E-state index contributed by atoms with van der Waals surface area (Å²) in [7, 11) is 0. The van der Waals surface area contributed by atoms with Crippen molar-refractivity contribution in [3.8, 4) is 0 Å². The summed E-state index contributed by atoms with van der Waals surface area (Å²) in [5.41, 5.74) is 0.795. The summed E-state index contributed by atoms with van der Waals surface area (Å²) < 4.78 is 7.52. The monoisotopic (exact) mass is 354 g/mol. The summed E-state index contributed by atoms with van der Waals surface area (Å²) >= 11 is 1.40. The van der Waals surface area contributed by atoms with Crippen molar-refractivity contribution in [3.05, 3.63) is 60.3 Å². The summed E-state index contributed by atoms with van der Waals surface area (Å²) in [6.07, 6.45) is 3.96. The lowest BCUT2D eigenvalue weighted by Gasteiger charge is -2.08. The number of thioether (sulfide) groups is 1. The molecule has 0 bridgehead atoms. The molecular weight excluding hydrogens is 336 g/mol. The number of nitrogens with zero attached hydrogens (tertiary/aromatic N) is 3. The van der Waals surface area contributed by atoms with Crippen LogP contribution in [0.1, 0.15) is 30.3 Å². The summed E-state index contributed by atoms with van der Waals surface area (Å²) in [5.74, 6) is 2.56. The van der Waals surface area contributed by atoms with Gasteiger partial charge in [0.25, 0.3) is 0 Å². The third-order valence-electron chi connectivity index (χ3n) is 3.97. The standard InChI is InChI=1S/C18H18N4O2S/c23-16(19-14-5-2-1-3-6-14)12-25-18-21-20-17(13-8-9-13)22(18)11-15-7-4-10-24-15/h1-7,10,13H,8-9,11-12H2,(H,19,23). The molecule has 0 unspecified atom stereocenters. The van der Waals surface area contributed by atoms with E-state index in [0.29, 0.717) is 12.5 Å². The molecule has 7 heteroatoms. The van der Waals surface area contributed by atoms with E-state index in [1.807, 2.05) is 42.5 Å². The number of rotatable bonds is 7. The third-order valence-corrected chi connectivity index (χ3v) is 4.94. The average molecular weight is 354 g/mol. The number of anilines is 1. The molecular formula is C18H18N4O2S. The Morgan fingerprint density at radius 3 is 2.76 bits per heavy atom. The van der Waals surface area contributed by atoms with E-state index in [2.05, 4.69) is 20.1 Å². The van der Waals surface area contributed by atoms with E-state index in [0.717, 1.165) is 35.3 Å². The SMILES string of the molecule is O=C(CSc1nnc(C2CC2)n1Cc1ccco1)Nc1ccccc1. The van der Waals surface area contributed by atoms with Gasteiger partial charge in [0, 0.05) is 11.6 Å². The van der Waals surface area contributed by atoms with Crippen LogP contribution < -0.4 is 5.32 Å². The minimum absolute atomic E-state index is 0.0586. The zero-order valence-electron chi connectivity index (χ0n) is 13.6. The van der Waals surface area contributed by atoms with Crippen LogP contribution in [-0.2, 0) is 11.3 Å². The van der Waals surface area contributed by atoms with Gasteiger partial charge in [0.05, 0.1) is 18.6 Å². The molecule has 1 fully saturated rings. The molecule has 3 aromatic rings. The molecule has 1 aromatic carbocycles. The van der Waals surface area contributed by atoms with E-state index in [4.69, 9.17) is 4.42 Å². The van der Waals surface area contributed by atoms with Crippen LogP contribution in [0.15, 0.2) is 58.3 Å². The molecule has 25 heavy (non-hydrogen) atoms. The lowest BCUT2D eigenvalue weighted by atomic mass is 10.3. The predicted molar refractivity (Wildman–Crippen MR) is 95.6 cm³/mol. The summed E-state index contributed by atoms with van der Waals surface area (Å²) in [5, 5.41) is 12.3. The first-order valence-electron chi connectivity index (χ1n) is 8.23. The molecule has 0 atom stereocenters. The maximum absolute atomic E-state index is 12.2. The van der Waals surface area contributed by atoms with Gasteiger partial charge in [-0.1, -0.05) is 30.0 Å². The Morgan fingerprint density at radius 2 is 2.04 bits per heavy atom. The molecule has 128 valence electrons. The number of aromatic nitrogens is 3. The Bertz CT molecular complexity index is 841. The van der Waals surface area contributed by atoms with Crippen LogP contribution in [0.3, 0.4) is 0 Å². The lowest BCUT2D eigenvalue weighted by Crippen LogP contribution is -2.14. The lowest BCUT2D eigenvalue weighted by molar-refractivity contribution is -0.113. The Kier molecular flexibility index (Phi) is 4.56. The van der Waals surface area contributed by atoms with Crippen molar-refractivity contribution in [2.75, 3.05) is 11.1 Å². The number of amides is 1. The zero-order valence-corrected chi connectivity index (χ0v) is 14.4. The van der Waals surface area contributed by atoms with Crippen LogP contribution >= 0.6 is 11.8 Å². The fraction of sp³-hybridized carbons (Fsp3) is 0.278. The van der Waals surface area contributed by atoms with Gasteiger partial charge in [-0.15, -0.1) is 10.2 Å². The Hall–Kier alpha value is -2.54. The second-order valence-electron chi connectivity index (χ2n) is 5.98. The zero-order chi connectivity index (χ0) is 17.1. The van der Waals surface area contributed by atoms with E-state index in [1.165, 1.54) is 11.8 Å². The van der Waals surface area contributed by atoms with Gasteiger partial charge in [-0.25, -0.2) is 0 Å². The summed E-state index contributed by atoms with van der Waals surface area (Å²) in [4.78, 5) is 12.2. The minimum atomic E-state index is -0.0586. The van der Waals surface area contributed by atoms with Crippen LogP contribution in [0.4, 0.5) is 5.69 Å². The molecule has 4 rings (SSSR count). The Balaban J connectivity index is 1.44. The van der Waals surface area contributed by atoms with Crippen LogP contribution in [0.25, 0.3) is 0 Å². The second kappa shape index (κ2) is 7.14. The van der Waals surface area contributed by atoms with Crippen LogP contribution in [0.2, 0.25) is 0 Å². The molecule has 0 radical (unpaired) electrons. The van der Waals surface area contributed by atoms with Crippen molar-refractivity contribution in [1.82, 2.24) is 14.8 Å². The third kappa shape index (κ3) is 3.93. The first-order chi connectivity index (χ1) is 12.3. The fourth-order valence-electron chi connectivity index (χ4n) is 2.61. The smallest absolute Gasteiger partial charge is 0.234 e. The van der Waals surface area contributed by atoms with Crippen molar-refractivity contribution >= 4 is 23.4 Å². The number of carbonyl (C=O) groups excluding carboxylic acids is 1. The van der Waals surface area contributed by atoms with Crippen molar-refractivity contribution in [2.45, 2.75) is 30.5 Å². The van der Waals surface area contributed by atoms with E-state index in [1.54, 1.807) is 6.26 Å². The van der Waals surface area contributed by atoms with E-state index in [9.17, 15) is 4.79 Å². The van der Waals surface area contributed by atoms with Gasteiger partial charge in [-0.3, -0.25) is 9.36 Å². The van der Waals surface area contributed by atoms with Gasteiger partial charge in [-0.2, -0.15) is 0 Å². The van der Waals surface area contributed by atoms with Gasteiger partial charge in [0.15, 0.2) is 5.16 Å². The number of carbonyl (C=O) groups is 1. The van der Waals surface area contributed by atoms with Gasteiger partial charge in [-0.05, 0) is 37.1 Å². The maximum atomic E-state index is 12.2. The molecule has 2 aromatic heterocycles. The van der Waals surface area contributed by atoms with Crippen molar-refractivity contribution in [2.24, 2.45) is 0 Å². The van der Waals surface area contributed by atoms with Gasteiger partial charge in [0.2, 0.25) is 5.91 Å². The van der Waals surface area contributed by atoms with Gasteiger partial charge in [0.1, 0.15) is 11.6 Å². The second-order valence-corrected chi connectivity index (χ2v) is 6.93. The van der Waals surface area contributed by atoms with Gasteiger partial charge >= 0.3 is 0 Å². The molecule has 2 heterocycles. The normalized spacial score (nSPS) is 13.8. The highest BCUT2D eigenvalue weighted by Crippen LogP contribution is 2.40. The van der Waals surface area contributed by atoms with E-state index < -0.39 is 0 Å². The number of hydrogen-bond acceptors (Lipinski definition) is 5. The average Bonchev–Trinajstić information content (AvgIpc) is 3.19. The molecule has 1 aliphatic carbocycles. The van der Waals surface area contributed by atoms with Crippen LogP contribution in [-0.4, -0.2) is 26.4 Å². The Labute approximate surface area is 149 Å². The van der Waals surface area contributed by atoms with Crippen molar-refractivity contribution in [1.29, 1.82) is 0 Å². The number of hydrogen-bond donors (Lipinski definition) is 1. The van der Waals surface area contributed by atoms with Gasteiger partial charge < -0.3 is 9.73 Å². The molecule has 1 N–H and O–H groups in total. The number of para-hydroxylation sites is 1. The van der Waals surface area contributed by atoms with Crippen LogP contribution in [0.5, 0.6) is 0 Å². The molecule has 0 saturated heterocycles.